The molecule has 2 atom stereocenters. The second-order valence-electron chi connectivity index (χ2n) is 9.80. The lowest BCUT2D eigenvalue weighted by atomic mass is 9.92. The van der Waals surface area contributed by atoms with Gasteiger partial charge < -0.3 is 4.74 Å². The Morgan fingerprint density at radius 1 is 1.13 bits per heavy atom. The van der Waals surface area contributed by atoms with Crippen molar-refractivity contribution in [2.75, 3.05) is 6.61 Å². The van der Waals surface area contributed by atoms with Crippen molar-refractivity contribution in [3.8, 4) is 17.3 Å². The zero-order valence-electron chi connectivity index (χ0n) is 20.6. The molecule has 0 bridgehead atoms. The zero-order chi connectivity index (χ0) is 27.5. The number of ether oxygens (including phenoxy) is 1. The van der Waals surface area contributed by atoms with Crippen LogP contribution in [0.1, 0.15) is 66.5 Å². The van der Waals surface area contributed by atoms with Gasteiger partial charge in [-0.3, -0.25) is 14.0 Å². The third-order valence-electron chi connectivity index (χ3n) is 7.11. The Labute approximate surface area is 218 Å². The number of halogens is 4. The molecule has 39 heavy (non-hydrogen) atoms. The van der Waals surface area contributed by atoms with Gasteiger partial charge in [-0.2, -0.15) is 23.5 Å². The highest BCUT2D eigenvalue weighted by Gasteiger charge is 2.38. The van der Waals surface area contributed by atoms with Crippen LogP contribution in [0, 0.1) is 17.1 Å². The average Bonchev–Trinajstić information content (AvgIpc) is 3.65. The Morgan fingerprint density at radius 3 is 2.62 bits per heavy atom. The fourth-order valence-corrected chi connectivity index (χ4v) is 4.89. The van der Waals surface area contributed by atoms with Gasteiger partial charge in [-0.05, 0) is 43.9 Å². The Hall–Kier alpha value is -4.18. The third kappa shape index (κ3) is 4.54. The minimum absolute atomic E-state index is 0.0219. The number of hydrogen-bond acceptors (Lipinski definition) is 7. The predicted octanol–water partition coefficient (Wildman–Crippen LogP) is 4.59. The van der Waals surface area contributed by atoms with Crippen LogP contribution < -0.4 is 5.56 Å². The Bertz CT molecular complexity index is 1700. The lowest BCUT2D eigenvalue weighted by Gasteiger charge is -2.28. The predicted molar refractivity (Wildman–Crippen MR) is 129 cm³/mol. The van der Waals surface area contributed by atoms with Crippen molar-refractivity contribution in [1.29, 1.82) is 5.26 Å². The summed E-state index contributed by atoms with van der Waals surface area (Å²) in [5.74, 6) is -2.48. The van der Waals surface area contributed by atoms with Gasteiger partial charge in [0.15, 0.2) is 5.52 Å². The molecule has 0 N–H and O–H groups in total. The largest absolute Gasteiger partial charge is 0.449 e. The third-order valence-corrected chi connectivity index (χ3v) is 7.11. The summed E-state index contributed by atoms with van der Waals surface area (Å²) in [5, 5.41) is 13.5. The van der Waals surface area contributed by atoms with Crippen molar-refractivity contribution in [2.45, 2.75) is 49.9 Å². The zero-order valence-corrected chi connectivity index (χ0v) is 20.6. The lowest BCUT2D eigenvalue weighted by molar-refractivity contribution is -0.147. The molecule has 9 nitrogen and oxygen atoms in total. The van der Waals surface area contributed by atoms with Crippen molar-refractivity contribution in [3.05, 3.63) is 69.5 Å². The molecule has 4 heterocycles. The molecule has 1 saturated carbocycles. The van der Waals surface area contributed by atoms with Gasteiger partial charge >= 0.3 is 6.18 Å². The van der Waals surface area contributed by atoms with Crippen molar-refractivity contribution < 1.29 is 22.3 Å². The van der Waals surface area contributed by atoms with Crippen LogP contribution >= 0.6 is 0 Å². The average molecular weight is 539 g/mol. The standard InChI is InChI=1S/C26H21F4N7O2/c1-36-24(38)22-21(35-25(36)26(28,29)30)20(17-5-2-13(10-31)8-18(17)27)33-23(34-22)14-6-7-39-19(9-14)15-11-32-37(12-15)16-3-4-16/h2,5,8,11-12,14,16,19H,3-4,6-7,9H2,1H3/t14-,19+/m0/s1. The molecule has 2 fully saturated rings. The van der Waals surface area contributed by atoms with Crippen molar-refractivity contribution in [2.24, 2.45) is 7.05 Å². The van der Waals surface area contributed by atoms with E-state index < -0.39 is 28.9 Å². The van der Waals surface area contributed by atoms with Crippen molar-refractivity contribution in [1.82, 2.24) is 29.3 Å². The maximum absolute atomic E-state index is 15.1. The molecule has 1 aromatic carbocycles. The summed E-state index contributed by atoms with van der Waals surface area (Å²) in [6.45, 7) is 0.356. The first-order valence-electron chi connectivity index (χ1n) is 12.4. The van der Waals surface area contributed by atoms with Crippen LogP contribution in [0.3, 0.4) is 0 Å². The number of alkyl halides is 3. The maximum atomic E-state index is 15.1. The van der Waals surface area contributed by atoms with E-state index in [0.29, 0.717) is 30.1 Å². The molecule has 1 saturated heterocycles. The molecule has 13 heteroatoms. The summed E-state index contributed by atoms with van der Waals surface area (Å²) in [5.41, 5.74) is -1.37. The molecule has 6 rings (SSSR count). The Morgan fingerprint density at radius 2 is 1.92 bits per heavy atom. The van der Waals surface area contributed by atoms with E-state index in [9.17, 15) is 18.0 Å². The summed E-state index contributed by atoms with van der Waals surface area (Å²) in [6.07, 6.45) is 1.51. The Balaban J connectivity index is 1.49. The first-order valence-corrected chi connectivity index (χ1v) is 12.4. The van der Waals surface area contributed by atoms with Gasteiger partial charge in [0.25, 0.3) is 5.56 Å². The smallest absolute Gasteiger partial charge is 0.373 e. The van der Waals surface area contributed by atoms with Crippen LogP contribution in [0.2, 0.25) is 0 Å². The molecule has 4 aromatic rings. The number of rotatable bonds is 4. The van der Waals surface area contributed by atoms with E-state index in [0.717, 1.165) is 31.5 Å². The number of fused-ring (bicyclic) bond motifs is 1. The molecule has 200 valence electrons. The quantitative estimate of drug-likeness (QED) is 0.349. The van der Waals surface area contributed by atoms with E-state index in [4.69, 9.17) is 10.00 Å². The summed E-state index contributed by atoms with van der Waals surface area (Å²) in [6, 6.07) is 5.73. The molecule has 0 unspecified atom stereocenters. The minimum Gasteiger partial charge on any atom is -0.373 e. The minimum atomic E-state index is -4.94. The lowest BCUT2D eigenvalue weighted by Crippen LogP contribution is -2.29. The normalized spacial score (nSPS) is 19.8. The first-order chi connectivity index (χ1) is 18.6. The molecule has 1 aliphatic carbocycles. The first kappa shape index (κ1) is 25.1. The number of hydrogen-bond donors (Lipinski definition) is 0. The van der Waals surface area contributed by atoms with Gasteiger partial charge in [-0.25, -0.2) is 19.3 Å². The van der Waals surface area contributed by atoms with Crippen LogP contribution in [0.4, 0.5) is 17.6 Å². The van der Waals surface area contributed by atoms with Crippen molar-refractivity contribution in [3.63, 3.8) is 0 Å². The molecule has 2 aliphatic rings. The SMILES string of the molecule is Cn1c(C(F)(F)F)nc2c(-c3ccc(C#N)cc3F)nc([C@H]3CCO[C@@H](c4cnn(C5CC5)c4)C3)nc2c1=O. The molecule has 0 spiro atoms. The van der Waals surface area contributed by atoms with Gasteiger partial charge in [-0.1, -0.05) is 0 Å². The fourth-order valence-electron chi connectivity index (χ4n) is 4.89. The van der Waals surface area contributed by atoms with Gasteiger partial charge in [0, 0.05) is 36.9 Å². The van der Waals surface area contributed by atoms with Crippen LogP contribution in [0.15, 0.2) is 35.4 Å². The molecule has 1 aliphatic heterocycles. The van der Waals surface area contributed by atoms with Crippen LogP contribution in [0.5, 0.6) is 0 Å². The molecular formula is C26H21F4N7O2. The van der Waals surface area contributed by atoms with Crippen LogP contribution in [-0.4, -0.2) is 35.9 Å². The maximum Gasteiger partial charge on any atom is 0.449 e. The van der Waals surface area contributed by atoms with Crippen LogP contribution in [-0.2, 0) is 18.0 Å². The van der Waals surface area contributed by atoms with Gasteiger partial charge in [-0.15, -0.1) is 0 Å². The van der Waals surface area contributed by atoms with E-state index in [1.54, 1.807) is 6.20 Å². The summed E-state index contributed by atoms with van der Waals surface area (Å²) >= 11 is 0. The van der Waals surface area contributed by atoms with Gasteiger partial charge in [0.05, 0.1) is 30.0 Å². The van der Waals surface area contributed by atoms with Crippen molar-refractivity contribution >= 4 is 11.0 Å². The summed E-state index contributed by atoms with van der Waals surface area (Å²) in [4.78, 5) is 25.7. The number of aromatic nitrogens is 6. The topological polar surface area (TPSA) is 112 Å². The van der Waals surface area contributed by atoms with E-state index in [1.165, 1.54) is 12.1 Å². The highest BCUT2D eigenvalue weighted by atomic mass is 19.4. The summed E-state index contributed by atoms with van der Waals surface area (Å²) < 4.78 is 64.5. The van der Waals surface area contributed by atoms with E-state index >= 15 is 4.39 Å². The molecular weight excluding hydrogens is 518 g/mol. The Kier molecular flexibility index (Phi) is 5.95. The number of nitriles is 1. The second-order valence-corrected chi connectivity index (χ2v) is 9.80. The highest BCUT2D eigenvalue weighted by molar-refractivity contribution is 5.88. The molecule has 3 aromatic heterocycles. The van der Waals surface area contributed by atoms with E-state index in [2.05, 4.69) is 20.1 Å². The molecule has 0 amide bonds. The second kappa shape index (κ2) is 9.23. The monoisotopic (exact) mass is 539 g/mol. The van der Waals surface area contributed by atoms with Gasteiger partial charge in [0.2, 0.25) is 5.82 Å². The van der Waals surface area contributed by atoms with E-state index in [1.807, 2.05) is 16.9 Å². The molecule has 0 radical (unpaired) electrons. The number of nitrogens with zero attached hydrogens (tertiary/aromatic N) is 7. The number of benzene rings is 1. The highest BCUT2D eigenvalue weighted by Crippen LogP contribution is 2.40. The van der Waals surface area contributed by atoms with E-state index in [-0.39, 0.29) is 40.2 Å². The summed E-state index contributed by atoms with van der Waals surface area (Å²) in [7, 11) is 0.962. The van der Waals surface area contributed by atoms with Gasteiger partial charge in [0.1, 0.15) is 22.9 Å². The van der Waals surface area contributed by atoms with Crippen LogP contribution in [0.25, 0.3) is 22.3 Å². The fraction of sp³-hybridized carbons (Fsp3) is 0.385.